The second-order valence-corrected chi connectivity index (χ2v) is 20.4. The fourth-order valence-corrected chi connectivity index (χ4v) is 11.7. The molecular formula is C68H48N2O4. The molecule has 0 spiro atoms. The second-order valence-electron chi connectivity index (χ2n) is 20.4. The van der Waals surface area contributed by atoms with Gasteiger partial charge in [-0.05, 0) is 142 Å². The van der Waals surface area contributed by atoms with Crippen LogP contribution in [0.15, 0.2) is 224 Å². The first-order chi connectivity index (χ1) is 36.3. The van der Waals surface area contributed by atoms with Crippen LogP contribution in [0.2, 0.25) is 0 Å². The van der Waals surface area contributed by atoms with Crippen LogP contribution in [0.1, 0.15) is 50.7 Å². The molecule has 11 aromatic carbocycles. The SMILES string of the molecule is CC(C)c1cccc2c1oc1c(N(c3ccccc3)c3ccc4cc5c(cc4c3)oc3cc4c(cc35)oc3cc5cc(N(c6ccccc6)c6cccc7c6oc6c(C(C)C)cccc67)ccc5cc34)cccc12. The molecule has 0 N–H and O–H groups in total. The van der Waals surface area contributed by atoms with Gasteiger partial charge in [0.1, 0.15) is 33.5 Å². The second kappa shape index (κ2) is 16.1. The molecule has 6 nitrogen and oxygen atoms in total. The Balaban J connectivity index is 0.827. The highest BCUT2D eigenvalue weighted by atomic mass is 16.3. The van der Waals surface area contributed by atoms with Crippen LogP contribution in [0.5, 0.6) is 0 Å². The summed E-state index contributed by atoms with van der Waals surface area (Å²) in [6.07, 6.45) is 0. The van der Waals surface area contributed by atoms with Crippen molar-refractivity contribution in [2.45, 2.75) is 39.5 Å². The van der Waals surface area contributed by atoms with Crippen molar-refractivity contribution < 1.29 is 17.7 Å². The molecule has 0 bridgehead atoms. The van der Waals surface area contributed by atoms with Crippen molar-refractivity contribution in [1.82, 2.24) is 0 Å². The van der Waals surface area contributed by atoms with Crippen LogP contribution in [0.3, 0.4) is 0 Å². The van der Waals surface area contributed by atoms with E-state index in [2.05, 4.69) is 244 Å². The predicted molar refractivity (Wildman–Crippen MR) is 308 cm³/mol. The maximum Gasteiger partial charge on any atom is 0.159 e. The highest BCUT2D eigenvalue weighted by Gasteiger charge is 2.24. The van der Waals surface area contributed by atoms with E-state index >= 15 is 0 Å². The first-order valence-electron chi connectivity index (χ1n) is 25.6. The highest BCUT2D eigenvalue weighted by Crippen LogP contribution is 2.47. The Morgan fingerprint density at radius 1 is 0.270 bits per heavy atom. The Hall–Kier alpha value is -9.26. The zero-order chi connectivity index (χ0) is 49.3. The summed E-state index contributed by atoms with van der Waals surface area (Å²) in [5.74, 6) is 0.662. The molecule has 0 saturated heterocycles. The molecule has 0 atom stereocenters. The molecule has 0 fully saturated rings. The smallest absolute Gasteiger partial charge is 0.159 e. The van der Waals surface area contributed by atoms with Crippen LogP contribution in [-0.2, 0) is 0 Å². The Morgan fingerprint density at radius 2 is 0.649 bits per heavy atom. The van der Waals surface area contributed by atoms with Crippen molar-refractivity contribution >= 4 is 143 Å². The molecule has 6 heteroatoms. The van der Waals surface area contributed by atoms with Gasteiger partial charge in [0.2, 0.25) is 0 Å². The molecule has 0 aliphatic rings. The number of fused-ring (bicyclic) bond motifs is 14. The number of benzene rings is 11. The third-order valence-electron chi connectivity index (χ3n) is 15.3. The van der Waals surface area contributed by atoms with E-state index < -0.39 is 0 Å². The first-order valence-corrected chi connectivity index (χ1v) is 25.6. The van der Waals surface area contributed by atoms with Gasteiger partial charge in [-0.1, -0.05) is 137 Å². The normalized spacial score (nSPS) is 12.3. The maximum absolute atomic E-state index is 6.85. The summed E-state index contributed by atoms with van der Waals surface area (Å²) in [5, 5.41) is 13.0. The van der Waals surface area contributed by atoms with Crippen molar-refractivity contribution in [3.8, 4) is 0 Å². The van der Waals surface area contributed by atoms with E-state index in [1.54, 1.807) is 0 Å². The molecule has 0 saturated carbocycles. The predicted octanol–water partition coefficient (Wildman–Crippen LogP) is 20.8. The fraction of sp³-hybridized carbons (Fsp3) is 0.0882. The topological polar surface area (TPSA) is 59.0 Å². The van der Waals surface area contributed by atoms with E-state index in [1.807, 2.05) is 0 Å². The third-order valence-corrected chi connectivity index (χ3v) is 15.3. The third kappa shape index (κ3) is 6.44. The number of nitrogens with zero attached hydrogens (tertiary/aromatic N) is 2. The maximum atomic E-state index is 6.85. The zero-order valence-electron chi connectivity index (χ0n) is 41.3. The highest BCUT2D eigenvalue weighted by molar-refractivity contribution is 6.19. The minimum Gasteiger partial charge on any atom is -0.456 e. The van der Waals surface area contributed by atoms with Crippen molar-refractivity contribution in [1.29, 1.82) is 0 Å². The number of anilines is 6. The quantitative estimate of drug-likeness (QED) is 0.151. The lowest BCUT2D eigenvalue weighted by Gasteiger charge is -2.25. The molecule has 0 aliphatic heterocycles. The van der Waals surface area contributed by atoms with E-state index in [0.717, 1.165) is 143 Å². The van der Waals surface area contributed by atoms with Crippen molar-refractivity contribution in [3.63, 3.8) is 0 Å². The minimum absolute atomic E-state index is 0.331. The van der Waals surface area contributed by atoms with Gasteiger partial charge < -0.3 is 27.5 Å². The molecule has 15 aromatic rings. The van der Waals surface area contributed by atoms with Gasteiger partial charge in [0.15, 0.2) is 11.2 Å². The van der Waals surface area contributed by atoms with Gasteiger partial charge in [-0.25, -0.2) is 0 Å². The van der Waals surface area contributed by atoms with E-state index in [9.17, 15) is 0 Å². The summed E-state index contributed by atoms with van der Waals surface area (Å²) in [5.41, 5.74) is 15.5. The summed E-state index contributed by atoms with van der Waals surface area (Å²) in [7, 11) is 0. The fourth-order valence-electron chi connectivity index (χ4n) is 11.7. The lowest BCUT2D eigenvalue weighted by Crippen LogP contribution is -2.10. The number of rotatable bonds is 8. The van der Waals surface area contributed by atoms with Crippen molar-refractivity contribution in [2.24, 2.45) is 0 Å². The van der Waals surface area contributed by atoms with Gasteiger partial charge in [0.25, 0.3) is 0 Å². The Bertz CT molecular complexity index is 4440. The minimum atomic E-state index is 0.331. The van der Waals surface area contributed by atoms with E-state index in [4.69, 9.17) is 17.7 Å². The zero-order valence-corrected chi connectivity index (χ0v) is 41.3. The standard InChI is InChI=1S/C68H48N2O4/c1-39(2)49-19-11-21-51-53-23-13-25-59(67(53)73-65(49)51)69(45-15-7-5-8-16-45)47-29-27-41-33-55-57-37-64-58(38-63(57)71-61(55)35-43(41)31-47)56-34-42-28-30-48(32-44(42)36-62(56)72-64)70(46-17-9-6-10-18-46)60-26-14-24-54-52-22-12-20-50(40(3)4)66(52)74-68(54)60/h5-40H,1-4H3. The van der Waals surface area contributed by atoms with Crippen LogP contribution < -0.4 is 9.80 Å². The van der Waals surface area contributed by atoms with E-state index in [1.165, 1.54) is 11.1 Å². The lowest BCUT2D eigenvalue weighted by atomic mass is 10.00. The van der Waals surface area contributed by atoms with Gasteiger partial charge in [0.05, 0.1) is 11.4 Å². The van der Waals surface area contributed by atoms with Crippen molar-refractivity contribution in [2.75, 3.05) is 9.80 Å². The molecule has 4 aromatic heterocycles. The number of para-hydroxylation sites is 6. The van der Waals surface area contributed by atoms with Crippen LogP contribution in [0.25, 0.3) is 109 Å². The number of furan rings is 4. The Labute approximate surface area is 425 Å². The number of hydrogen-bond donors (Lipinski definition) is 0. The summed E-state index contributed by atoms with van der Waals surface area (Å²) < 4.78 is 27.3. The molecule has 354 valence electrons. The first kappa shape index (κ1) is 42.4. The lowest BCUT2D eigenvalue weighted by molar-refractivity contribution is 0.657. The van der Waals surface area contributed by atoms with Gasteiger partial charge >= 0.3 is 0 Å². The molecule has 0 radical (unpaired) electrons. The molecule has 0 aliphatic carbocycles. The molecule has 0 unspecified atom stereocenters. The van der Waals surface area contributed by atoms with E-state index in [-0.39, 0.29) is 0 Å². The molecule has 4 heterocycles. The van der Waals surface area contributed by atoms with Crippen LogP contribution in [0.4, 0.5) is 34.1 Å². The summed E-state index contributed by atoms with van der Waals surface area (Å²) in [6, 6.07) is 73.5. The van der Waals surface area contributed by atoms with Crippen LogP contribution in [0, 0.1) is 0 Å². The Morgan fingerprint density at radius 3 is 1.07 bits per heavy atom. The summed E-state index contributed by atoms with van der Waals surface area (Å²) in [6.45, 7) is 8.88. The van der Waals surface area contributed by atoms with Gasteiger partial charge in [0, 0.05) is 65.8 Å². The largest absolute Gasteiger partial charge is 0.456 e. The number of hydrogen-bond acceptors (Lipinski definition) is 6. The van der Waals surface area contributed by atoms with Crippen LogP contribution >= 0.6 is 0 Å². The molecular weight excluding hydrogens is 909 g/mol. The van der Waals surface area contributed by atoms with Gasteiger partial charge in [-0.2, -0.15) is 0 Å². The average molecular weight is 957 g/mol. The summed E-state index contributed by atoms with van der Waals surface area (Å²) >= 11 is 0. The molecule has 74 heavy (non-hydrogen) atoms. The van der Waals surface area contributed by atoms with Crippen molar-refractivity contribution in [3.05, 3.63) is 217 Å². The van der Waals surface area contributed by atoms with Crippen LogP contribution in [-0.4, -0.2) is 0 Å². The molecule has 15 rings (SSSR count). The van der Waals surface area contributed by atoms with Gasteiger partial charge in [-0.15, -0.1) is 0 Å². The monoisotopic (exact) mass is 956 g/mol. The van der Waals surface area contributed by atoms with E-state index in [0.29, 0.717) is 11.8 Å². The molecule has 0 amide bonds. The Kier molecular flexibility index (Phi) is 9.24. The van der Waals surface area contributed by atoms with Gasteiger partial charge in [-0.3, -0.25) is 0 Å². The average Bonchev–Trinajstić information content (AvgIpc) is 4.23. The summed E-state index contributed by atoms with van der Waals surface area (Å²) in [4.78, 5) is 4.60.